The highest BCUT2D eigenvalue weighted by molar-refractivity contribution is 7.07. The standard InChI is InChI=1S/C5H8N2S/c1-4(6)5-2-8-3-7-5/h2-4H,6H2,1H3/t4-/m1/s1. The lowest BCUT2D eigenvalue weighted by Gasteiger charge is -1.95. The van der Waals surface area contributed by atoms with Crippen LogP contribution in [0.5, 0.6) is 0 Å². The monoisotopic (exact) mass is 128 g/mol. The van der Waals surface area contributed by atoms with Crippen molar-refractivity contribution in [3.05, 3.63) is 16.6 Å². The van der Waals surface area contributed by atoms with Gasteiger partial charge in [-0.25, -0.2) is 4.98 Å². The topological polar surface area (TPSA) is 38.9 Å². The van der Waals surface area contributed by atoms with Crippen LogP contribution in [-0.4, -0.2) is 4.98 Å². The largest absolute Gasteiger partial charge is 0.323 e. The summed E-state index contributed by atoms with van der Waals surface area (Å²) in [6, 6.07) is 0.0845. The summed E-state index contributed by atoms with van der Waals surface area (Å²) < 4.78 is 0. The zero-order valence-electron chi connectivity index (χ0n) is 4.66. The maximum Gasteiger partial charge on any atom is 0.0795 e. The van der Waals surface area contributed by atoms with Crippen molar-refractivity contribution in [1.82, 2.24) is 4.98 Å². The van der Waals surface area contributed by atoms with E-state index in [9.17, 15) is 0 Å². The van der Waals surface area contributed by atoms with E-state index >= 15 is 0 Å². The molecule has 1 heterocycles. The number of hydrogen-bond acceptors (Lipinski definition) is 3. The summed E-state index contributed by atoms with van der Waals surface area (Å²) >= 11 is 1.58. The summed E-state index contributed by atoms with van der Waals surface area (Å²) in [5.74, 6) is 0. The normalized spacial score (nSPS) is 13.8. The van der Waals surface area contributed by atoms with Gasteiger partial charge in [0.2, 0.25) is 0 Å². The summed E-state index contributed by atoms with van der Waals surface area (Å²) in [6.07, 6.45) is 0. The Balaban J connectivity index is 2.77. The van der Waals surface area contributed by atoms with Crippen molar-refractivity contribution in [2.45, 2.75) is 13.0 Å². The van der Waals surface area contributed by atoms with Crippen molar-refractivity contribution >= 4 is 11.3 Å². The van der Waals surface area contributed by atoms with Crippen LogP contribution in [0.25, 0.3) is 0 Å². The Morgan fingerprint density at radius 2 is 2.62 bits per heavy atom. The fraction of sp³-hybridized carbons (Fsp3) is 0.400. The lowest BCUT2D eigenvalue weighted by Crippen LogP contribution is -2.04. The first-order chi connectivity index (χ1) is 3.80. The second-order valence-corrected chi connectivity index (χ2v) is 2.42. The number of nitrogens with two attached hydrogens (primary N) is 1. The first kappa shape index (κ1) is 5.72. The van der Waals surface area contributed by atoms with Gasteiger partial charge >= 0.3 is 0 Å². The van der Waals surface area contributed by atoms with Crippen molar-refractivity contribution in [2.75, 3.05) is 0 Å². The van der Waals surface area contributed by atoms with Gasteiger partial charge in [-0.05, 0) is 6.92 Å². The molecule has 2 nitrogen and oxygen atoms in total. The quantitative estimate of drug-likeness (QED) is 0.616. The van der Waals surface area contributed by atoms with E-state index in [1.165, 1.54) is 0 Å². The molecular formula is C5H8N2S. The van der Waals surface area contributed by atoms with Gasteiger partial charge < -0.3 is 5.73 Å². The maximum atomic E-state index is 5.50. The van der Waals surface area contributed by atoms with Crippen molar-refractivity contribution < 1.29 is 0 Å². The van der Waals surface area contributed by atoms with E-state index in [1.807, 2.05) is 12.3 Å². The Morgan fingerprint density at radius 3 is 2.88 bits per heavy atom. The third kappa shape index (κ3) is 1.05. The fourth-order valence-electron chi connectivity index (χ4n) is 0.447. The molecule has 0 saturated carbocycles. The van der Waals surface area contributed by atoms with Gasteiger partial charge in [-0.15, -0.1) is 11.3 Å². The van der Waals surface area contributed by atoms with Crippen LogP contribution >= 0.6 is 11.3 Å². The van der Waals surface area contributed by atoms with Gasteiger partial charge in [-0.2, -0.15) is 0 Å². The molecule has 0 fully saturated rings. The summed E-state index contributed by atoms with van der Waals surface area (Å²) in [5.41, 5.74) is 8.27. The van der Waals surface area contributed by atoms with E-state index in [0.717, 1.165) is 5.69 Å². The Labute approximate surface area is 52.4 Å². The van der Waals surface area contributed by atoms with Crippen molar-refractivity contribution in [1.29, 1.82) is 0 Å². The summed E-state index contributed by atoms with van der Waals surface area (Å²) in [6.45, 7) is 1.93. The SMILES string of the molecule is C[C@@H](N)c1cscn1. The first-order valence-electron chi connectivity index (χ1n) is 2.44. The fourth-order valence-corrected chi connectivity index (χ4v) is 1.11. The smallest absolute Gasteiger partial charge is 0.0795 e. The molecule has 1 aromatic heterocycles. The number of rotatable bonds is 1. The Bertz CT molecular complexity index is 145. The molecule has 0 bridgehead atoms. The Hall–Kier alpha value is -0.410. The van der Waals surface area contributed by atoms with Crippen LogP contribution in [0.4, 0.5) is 0 Å². The van der Waals surface area contributed by atoms with Gasteiger partial charge in [0.25, 0.3) is 0 Å². The van der Waals surface area contributed by atoms with Gasteiger partial charge in [0.1, 0.15) is 0 Å². The van der Waals surface area contributed by atoms with Gasteiger partial charge in [0.15, 0.2) is 0 Å². The predicted octanol–water partition coefficient (Wildman–Crippen LogP) is 1.16. The number of aromatic nitrogens is 1. The van der Waals surface area contributed by atoms with Gasteiger partial charge in [-0.1, -0.05) is 0 Å². The molecule has 0 amide bonds. The molecule has 1 atom stereocenters. The molecular weight excluding hydrogens is 120 g/mol. The van der Waals surface area contributed by atoms with E-state index < -0.39 is 0 Å². The summed E-state index contributed by atoms with van der Waals surface area (Å²) in [5, 5.41) is 1.96. The van der Waals surface area contributed by atoms with E-state index in [1.54, 1.807) is 16.8 Å². The summed E-state index contributed by atoms with van der Waals surface area (Å²) in [7, 11) is 0. The Kier molecular flexibility index (Phi) is 1.60. The van der Waals surface area contributed by atoms with E-state index in [-0.39, 0.29) is 6.04 Å². The molecule has 0 radical (unpaired) electrons. The van der Waals surface area contributed by atoms with E-state index in [2.05, 4.69) is 4.98 Å². The molecule has 0 aliphatic heterocycles. The number of nitrogens with zero attached hydrogens (tertiary/aromatic N) is 1. The van der Waals surface area contributed by atoms with Gasteiger partial charge in [0, 0.05) is 11.4 Å². The number of hydrogen-bond donors (Lipinski definition) is 1. The van der Waals surface area contributed by atoms with Crippen molar-refractivity contribution in [3.63, 3.8) is 0 Å². The van der Waals surface area contributed by atoms with Crippen LogP contribution < -0.4 is 5.73 Å². The minimum atomic E-state index is 0.0845. The van der Waals surface area contributed by atoms with E-state index in [4.69, 9.17) is 5.73 Å². The molecule has 2 N–H and O–H groups in total. The third-order valence-electron chi connectivity index (χ3n) is 0.918. The molecule has 0 aromatic carbocycles. The molecule has 44 valence electrons. The molecule has 1 aromatic rings. The molecule has 0 aliphatic carbocycles. The molecule has 0 spiro atoms. The highest BCUT2D eigenvalue weighted by atomic mass is 32.1. The van der Waals surface area contributed by atoms with Crippen LogP contribution in [0.15, 0.2) is 10.9 Å². The Morgan fingerprint density at radius 1 is 1.88 bits per heavy atom. The second-order valence-electron chi connectivity index (χ2n) is 1.70. The average molecular weight is 128 g/mol. The molecule has 0 unspecified atom stereocenters. The molecule has 0 aliphatic rings. The van der Waals surface area contributed by atoms with Crippen LogP contribution in [-0.2, 0) is 0 Å². The van der Waals surface area contributed by atoms with E-state index in [0.29, 0.717) is 0 Å². The molecule has 0 saturated heterocycles. The minimum absolute atomic E-state index is 0.0845. The zero-order chi connectivity index (χ0) is 5.98. The highest BCUT2D eigenvalue weighted by Crippen LogP contribution is 2.07. The highest BCUT2D eigenvalue weighted by Gasteiger charge is 1.97. The zero-order valence-corrected chi connectivity index (χ0v) is 5.48. The lowest BCUT2D eigenvalue weighted by molar-refractivity contribution is 0.789. The second kappa shape index (κ2) is 2.24. The lowest BCUT2D eigenvalue weighted by atomic mass is 10.3. The van der Waals surface area contributed by atoms with Crippen LogP contribution in [0.3, 0.4) is 0 Å². The van der Waals surface area contributed by atoms with Gasteiger partial charge in [0.05, 0.1) is 11.2 Å². The number of thiazole rings is 1. The van der Waals surface area contributed by atoms with Crippen LogP contribution in [0.1, 0.15) is 18.7 Å². The first-order valence-corrected chi connectivity index (χ1v) is 3.38. The average Bonchev–Trinajstić information content (AvgIpc) is 2.12. The third-order valence-corrected chi connectivity index (χ3v) is 1.52. The molecule has 1 rings (SSSR count). The minimum Gasteiger partial charge on any atom is -0.323 e. The van der Waals surface area contributed by atoms with Gasteiger partial charge in [-0.3, -0.25) is 0 Å². The van der Waals surface area contributed by atoms with Crippen molar-refractivity contribution in [3.8, 4) is 0 Å². The van der Waals surface area contributed by atoms with Crippen LogP contribution in [0.2, 0.25) is 0 Å². The maximum absolute atomic E-state index is 5.50. The molecule has 8 heavy (non-hydrogen) atoms. The van der Waals surface area contributed by atoms with Crippen molar-refractivity contribution in [2.24, 2.45) is 5.73 Å². The summed E-state index contributed by atoms with van der Waals surface area (Å²) in [4.78, 5) is 4.01. The molecule has 3 heteroatoms. The van der Waals surface area contributed by atoms with Crippen LogP contribution in [0, 0.1) is 0 Å². The predicted molar refractivity (Wildman–Crippen MR) is 34.7 cm³/mol.